The lowest BCUT2D eigenvalue weighted by Gasteiger charge is -2.17. The molecule has 0 radical (unpaired) electrons. The zero-order chi connectivity index (χ0) is 14.1. The molecule has 0 aliphatic rings. The molecule has 0 saturated carbocycles. The third-order valence-electron chi connectivity index (χ3n) is 3.61. The van der Waals surface area contributed by atoms with Gasteiger partial charge in [0.05, 0.1) is 0 Å². The van der Waals surface area contributed by atoms with Gasteiger partial charge in [0.15, 0.2) is 0 Å². The van der Waals surface area contributed by atoms with Crippen LogP contribution in [0.2, 0.25) is 0 Å². The summed E-state index contributed by atoms with van der Waals surface area (Å²) >= 11 is 3.52. The average molecular weight is 328 g/mol. The van der Waals surface area contributed by atoms with E-state index in [2.05, 4.69) is 20.9 Å². The van der Waals surface area contributed by atoms with E-state index in [9.17, 15) is 5.11 Å². The average Bonchev–Trinajstić information content (AvgIpc) is 2.49. The molecule has 0 bridgehead atoms. The molecule has 0 amide bonds. The Labute approximate surface area is 126 Å². The Kier molecular flexibility index (Phi) is 3.55. The summed E-state index contributed by atoms with van der Waals surface area (Å²) in [5.41, 5.74) is 2.89. The van der Waals surface area contributed by atoms with Crippen LogP contribution in [0.4, 0.5) is 0 Å². The van der Waals surface area contributed by atoms with Gasteiger partial charge in [-0.25, -0.2) is 0 Å². The van der Waals surface area contributed by atoms with Crippen LogP contribution in [-0.2, 0) is 0 Å². The number of hydrogen-bond acceptors (Lipinski definition) is 2. The second-order valence-electron chi connectivity index (χ2n) is 4.80. The molecule has 1 atom stereocenters. The van der Waals surface area contributed by atoms with E-state index in [-0.39, 0.29) is 0 Å². The van der Waals surface area contributed by atoms with Gasteiger partial charge in [-0.3, -0.25) is 4.98 Å². The van der Waals surface area contributed by atoms with E-state index >= 15 is 0 Å². The van der Waals surface area contributed by atoms with E-state index in [0.717, 1.165) is 31.9 Å². The lowest BCUT2D eigenvalue weighted by atomic mass is 9.94. The Morgan fingerprint density at radius 3 is 2.65 bits per heavy atom. The number of nitrogens with zero attached hydrogens (tertiary/aromatic N) is 1. The predicted octanol–water partition coefficient (Wildman–Crippen LogP) is 4.39. The molecule has 0 aliphatic heterocycles. The maximum atomic E-state index is 10.8. The van der Waals surface area contributed by atoms with Crippen molar-refractivity contribution in [1.29, 1.82) is 0 Å². The highest BCUT2D eigenvalue weighted by Gasteiger charge is 2.16. The second-order valence-corrected chi connectivity index (χ2v) is 5.65. The molecule has 1 heterocycles. The van der Waals surface area contributed by atoms with Gasteiger partial charge in [-0.05, 0) is 41.1 Å². The minimum atomic E-state index is -0.640. The van der Waals surface area contributed by atoms with Crippen molar-refractivity contribution in [2.45, 2.75) is 13.0 Å². The maximum Gasteiger partial charge on any atom is 0.105 e. The van der Waals surface area contributed by atoms with Crippen LogP contribution in [0.15, 0.2) is 59.3 Å². The third-order valence-corrected chi connectivity index (χ3v) is 4.47. The molecule has 2 aromatic carbocycles. The Bertz CT molecular complexity index is 765. The highest BCUT2D eigenvalue weighted by atomic mass is 79.9. The first-order valence-electron chi connectivity index (χ1n) is 6.44. The van der Waals surface area contributed by atoms with E-state index in [1.165, 1.54) is 0 Å². The molecule has 20 heavy (non-hydrogen) atoms. The largest absolute Gasteiger partial charge is 0.384 e. The van der Waals surface area contributed by atoms with Gasteiger partial charge in [0, 0.05) is 22.3 Å². The van der Waals surface area contributed by atoms with E-state index < -0.39 is 6.10 Å². The number of benzene rings is 2. The molecule has 1 aromatic heterocycles. The summed E-state index contributed by atoms with van der Waals surface area (Å²) in [5, 5.41) is 12.8. The summed E-state index contributed by atoms with van der Waals surface area (Å²) in [6, 6.07) is 13.8. The van der Waals surface area contributed by atoms with Crippen LogP contribution >= 0.6 is 15.9 Å². The van der Waals surface area contributed by atoms with Crippen molar-refractivity contribution in [1.82, 2.24) is 4.98 Å². The van der Waals surface area contributed by atoms with Crippen LogP contribution in [0.3, 0.4) is 0 Å². The summed E-state index contributed by atoms with van der Waals surface area (Å²) in [5.74, 6) is 0. The summed E-state index contributed by atoms with van der Waals surface area (Å²) in [6.45, 7) is 2.01. The van der Waals surface area contributed by atoms with E-state index in [4.69, 9.17) is 0 Å². The molecule has 1 unspecified atom stereocenters. The van der Waals surface area contributed by atoms with Gasteiger partial charge >= 0.3 is 0 Å². The molecule has 0 fully saturated rings. The topological polar surface area (TPSA) is 33.1 Å². The van der Waals surface area contributed by atoms with Gasteiger partial charge in [-0.1, -0.05) is 46.3 Å². The first-order valence-corrected chi connectivity index (χ1v) is 7.23. The molecule has 3 rings (SSSR count). The first-order chi connectivity index (χ1) is 9.68. The van der Waals surface area contributed by atoms with E-state index in [0.29, 0.717) is 0 Å². The number of rotatable bonds is 2. The molecular formula is C17H14BrNO. The molecule has 0 spiro atoms. The smallest absolute Gasteiger partial charge is 0.105 e. The predicted molar refractivity (Wildman–Crippen MR) is 84.7 cm³/mol. The third kappa shape index (κ3) is 2.23. The summed E-state index contributed by atoms with van der Waals surface area (Å²) in [4.78, 5) is 4.13. The molecular weight excluding hydrogens is 314 g/mol. The van der Waals surface area contributed by atoms with Gasteiger partial charge < -0.3 is 5.11 Å². The van der Waals surface area contributed by atoms with Crippen molar-refractivity contribution in [2.24, 2.45) is 0 Å². The molecule has 1 N–H and O–H groups in total. The molecule has 2 nitrogen and oxygen atoms in total. The van der Waals surface area contributed by atoms with Crippen LogP contribution in [0, 0.1) is 6.92 Å². The Morgan fingerprint density at radius 1 is 1.05 bits per heavy atom. The van der Waals surface area contributed by atoms with Crippen LogP contribution in [0.1, 0.15) is 22.8 Å². The number of pyridine rings is 1. The van der Waals surface area contributed by atoms with Gasteiger partial charge in [-0.2, -0.15) is 0 Å². The molecule has 3 heteroatoms. The second kappa shape index (κ2) is 5.35. The van der Waals surface area contributed by atoms with Crippen LogP contribution in [-0.4, -0.2) is 10.1 Å². The Hall–Kier alpha value is -1.71. The zero-order valence-electron chi connectivity index (χ0n) is 11.0. The number of fused-ring (bicyclic) bond motifs is 1. The standard InChI is InChI=1S/C17H14BrNO/c1-11-13(5-3-7-16(11)18)17(20)15-6-2-4-12-10-19-9-8-14(12)15/h2-10,17,20H,1H3. The highest BCUT2D eigenvalue weighted by molar-refractivity contribution is 9.10. The fraction of sp³-hybridized carbons (Fsp3) is 0.118. The Morgan fingerprint density at radius 2 is 1.80 bits per heavy atom. The van der Waals surface area contributed by atoms with Gasteiger partial charge in [0.2, 0.25) is 0 Å². The van der Waals surface area contributed by atoms with Gasteiger partial charge in [-0.15, -0.1) is 0 Å². The van der Waals surface area contributed by atoms with Crippen molar-refractivity contribution in [3.05, 3.63) is 76.0 Å². The zero-order valence-corrected chi connectivity index (χ0v) is 12.6. The van der Waals surface area contributed by atoms with Crippen LogP contribution < -0.4 is 0 Å². The molecule has 0 saturated heterocycles. The highest BCUT2D eigenvalue weighted by Crippen LogP contribution is 2.32. The number of aliphatic hydroxyl groups excluding tert-OH is 1. The maximum absolute atomic E-state index is 10.8. The number of aromatic nitrogens is 1. The molecule has 100 valence electrons. The summed E-state index contributed by atoms with van der Waals surface area (Å²) in [7, 11) is 0. The Balaban J connectivity index is 2.18. The van der Waals surface area contributed by atoms with Crippen molar-refractivity contribution in [3.63, 3.8) is 0 Å². The van der Waals surface area contributed by atoms with Gasteiger partial charge in [0.25, 0.3) is 0 Å². The van der Waals surface area contributed by atoms with Crippen LogP contribution in [0.25, 0.3) is 10.8 Å². The fourth-order valence-electron chi connectivity index (χ4n) is 2.47. The quantitative estimate of drug-likeness (QED) is 0.757. The van der Waals surface area contributed by atoms with Crippen molar-refractivity contribution in [2.75, 3.05) is 0 Å². The molecule has 0 aliphatic carbocycles. The number of halogens is 1. The van der Waals surface area contributed by atoms with E-state index in [1.807, 2.05) is 55.6 Å². The van der Waals surface area contributed by atoms with Crippen molar-refractivity contribution < 1.29 is 5.11 Å². The number of hydrogen-bond donors (Lipinski definition) is 1. The normalized spacial score (nSPS) is 12.6. The monoisotopic (exact) mass is 327 g/mol. The van der Waals surface area contributed by atoms with Crippen molar-refractivity contribution in [3.8, 4) is 0 Å². The number of aliphatic hydroxyl groups is 1. The first kappa shape index (κ1) is 13.3. The lowest BCUT2D eigenvalue weighted by Crippen LogP contribution is -2.03. The lowest BCUT2D eigenvalue weighted by molar-refractivity contribution is 0.221. The fourth-order valence-corrected chi connectivity index (χ4v) is 2.86. The minimum Gasteiger partial charge on any atom is -0.384 e. The summed E-state index contributed by atoms with van der Waals surface area (Å²) < 4.78 is 1.01. The minimum absolute atomic E-state index is 0.640. The van der Waals surface area contributed by atoms with Gasteiger partial charge in [0.1, 0.15) is 6.10 Å². The summed E-state index contributed by atoms with van der Waals surface area (Å²) in [6.07, 6.45) is 2.93. The molecule has 3 aromatic rings. The SMILES string of the molecule is Cc1c(Br)cccc1C(O)c1cccc2cnccc12. The van der Waals surface area contributed by atoms with Crippen LogP contribution in [0.5, 0.6) is 0 Å². The van der Waals surface area contributed by atoms with Crippen molar-refractivity contribution >= 4 is 26.7 Å². The van der Waals surface area contributed by atoms with E-state index in [1.54, 1.807) is 6.20 Å².